The molecule has 3 aliphatic carbocycles. The maximum Gasteiger partial charge on any atom is 0.338 e. The first-order chi connectivity index (χ1) is 29.4. The number of carbonyl (C=O) groups excluding carboxylic acids is 6. The Balaban J connectivity index is 1.38. The van der Waals surface area contributed by atoms with Gasteiger partial charge in [0.25, 0.3) is 11.8 Å². The zero-order valence-corrected chi connectivity index (χ0v) is 35.5. The van der Waals surface area contributed by atoms with E-state index in [0.29, 0.717) is 27.8 Å². The van der Waals surface area contributed by atoms with Crippen LogP contribution < -0.4 is 10.6 Å². The third kappa shape index (κ3) is 7.23. The van der Waals surface area contributed by atoms with Gasteiger partial charge in [-0.1, -0.05) is 78.9 Å². The number of nitrogens with one attached hydrogen (secondary N) is 2. The van der Waals surface area contributed by atoms with E-state index in [1.807, 2.05) is 0 Å². The van der Waals surface area contributed by atoms with Crippen molar-refractivity contribution < 1.29 is 57.9 Å². The number of aliphatic hydroxyl groups is 2. The topological polar surface area (TPSA) is 204 Å². The molecule has 14 heteroatoms. The van der Waals surface area contributed by atoms with Crippen molar-refractivity contribution in [2.75, 3.05) is 6.61 Å². The minimum atomic E-state index is -1.89. The molecule has 4 N–H and O–H groups in total. The van der Waals surface area contributed by atoms with E-state index in [-0.39, 0.29) is 30.6 Å². The number of esters is 3. The smallest absolute Gasteiger partial charge is 0.338 e. The van der Waals surface area contributed by atoms with E-state index in [1.165, 1.54) is 13.8 Å². The lowest BCUT2D eigenvalue weighted by Gasteiger charge is -2.63. The van der Waals surface area contributed by atoms with Crippen LogP contribution >= 0.6 is 0 Å². The highest BCUT2D eigenvalue weighted by molar-refractivity contribution is 5.97. The predicted octanol–water partition coefficient (Wildman–Crippen LogP) is 4.42. The van der Waals surface area contributed by atoms with Crippen molar-refractivity contribution in [2.45, 2.75) is 103 Å². The zero-order chi connectivity index (χ0) is 44.9. The van der Waals surface area contributed by atoms with Crippen LogP contribution in [0.1, 0.15) is 85.3 Å². The molecule has 2 amide bonds. The molecule has 3 fully saturated rings. The van der Waals surface area contributed by atoms with Gasteiger partial charge >= 0.3 is 17.9 Å². The van der Waals surface area contributed by atoms with Crippen molar-refractivity contribution in [2.24, 2.45) is 16.7 Å². The SMILES string of the molecule is C=C(C)[C@@]12C[C@H](NC(=O)[C@H](O)[C@@H](NC(=O)c3ccccc3)c3ccccc3)C(C)=C1[C@@H](OC(C)=O)C(=O)[C@@]1(C)[C@H]([C@@H]2OC(=O)c2ccccc2C)[C@]2(OC(C)=O)CO[C@@H]2C[C@@H]1O. The van der Waals surface area contributed by atoms with Gasteiger partial charge in [0.1, 0.15) is 12.2 Å². The molecule has 1 saturated heterocycles. The molecule has 0 spiro atoms. The molecule has 62 heavy (non-hydrogen) atoms. The summed E-state index contributed by atoms with van der Waals surface area (Å²) in [5, 5.41) is 29.7. The number of aliphatic hydroxyl groups excluding tert-OH is 2. The van der Waals surface area contributed by atoms with Gasteiger partial charge < -0.3 is 39.8 Å². The van der Waals surface area contributed by atoms with E-state index in [4.69, 9.17) is 18.9 Å². The fourth-order valence-corrected chi connectivity index (χ4v) is 10.4. The van der Waals surface area contributed by atoms with Gasteiger partial charge in [-0.25, -0.2) is 4.79 Å². The summed E-state index contributed by atoms with van der Waals surface area (Å²) in [7, 11) is 0. The molecule has 11 atom stereocenters. The van der Waals surface area contributed by atoms with Crippen LogP contribution in [-0.2, 0) is 38.1 Å². The summed E-state index contributed by atoms with van der Waals surface area (Å²) in [5.74, 6) is -5.81. The number of benzene rings is 3. The molecule has 0 unspecified atom stereocenters. The second-order valence-electron chi connectivity index (χ2n) is 17.1. The Kier molecular flexibility index (Phi) is 11.9. The number of aryl methyl sites for hydroxylation is 1. The fourth-order valence-electron chi connectivity index (χ4n) is 10.4. The highest BCUT2D eigenvalue weighted by Crippen LogP contribution is 2.66. The molecule has 1 heterocycles. The number of amides is 2. The molecule has 3 aromatic carbocycles. The van der Waals surface area contributed by atoms with Crippen LogP contribution in [-0.4, -0.2) is 94.5 Å². The summed E-state index contributed by atoms with van der Waals surface area (Å²) >= 11 is 0. The molecular formula is C48H52N2O12. The molecule has 3 aromatic rings. The highest BCUT2D eigenvalue weighted by atomic mass is 16.6. The first kappa shape index (κ1) is 44.1. The monoisotopic (exact) mass is 848 g/mol. The van der Waals surface area contributed by atoms with E-state index in [0.717, 1.165) is 6.92 Å². The van der Waals surface area contributed by atoms with Crippen LogP contribution in [0.5, 0.6) is 0 Å². The molecule has 1 aliphatic heterocycles. The van der Waals surface area contributed by atoms with Crippen molar-refractivity contribution in [3.63, 3.8) is 0 Å². The summed E-state index contributed by atoms with van der Waals surface area (Å²) in [6.07, 6.45) is -7.67. The number of rotatable bonds is 11. The molecule has 4 aliphatic rings. The normalized spacial score (nSPS) is 30.7. The van der Waals surface area contributed by atoms with Crippen molar-refractivity contribution >= 4 is 35.5 Å². The van der Waals surface area contributed by atoms with E-state index in [1.54, 1.807) is 106 Å². The van der Waals surface area contributed by atoms with E-state index in [9.17, 15) is 34.2 Å². The molecule has 2 saturated carbocycles. The molecule has 7 rings (SSSR count). The lowest BCUT2D eigenvalue weighted by Crippen LogP contribution is -2.77. The number of ketones is 1. The molecule has 0 bridgehead atoms. The Labute approximate surface area is 359 Å². The van der Waals surface area contributed by atoms with Crippen LogP contribution in [0.3, 0.4) is 0 Å². The first-order valence-electron chi connectivity index (χ1n) is 20.6. The Morgan fingerprint density at radius 1 is 0.887 bits per heavy atom. The predicted molar refractivity (Wildman–Crippen MR) is 223 cm³/mol. The Morgan fingerprint density at radius 2 is 1.52 bits per heavy atom. The van der Waals surface area contributed by atoms with Crippen molar-refractivity contribution in [3.05, 3.63) is 130 Å². The van der Waals surface area contributed by atoms with E-state index >= 15 is 4.79 Å². The largest absolute Gasteiger partial charge is 0.457 e. The standard InChI is InChI=1S/C48H52N2O12/c1-25(2)47-23-33(49-44(57)38(54)37(30-17-10-8-11-18-30)50-43(56)31-19-12-9-13-20-31)27(4)36(47)39(60-28(5)51)41(55)46(7)34(53)22-35-48(24-59-35,62-29(6)52)40(46)42(47)61-45(58)32-21-15-14-16-26(32)3/h8-21,33-35,37-40,42,53-54H,1,22-24H2,2-7H3,(H,49,57)(H,50,56)/t33-,34-,35+,37-,38+,39+,40-,42-,46+,47-,48-/m0/s1. The molecule has 326 valence electrons. The van der Waals surface area contributed by atoms with Crippen LogP contribution in [0.15, 0.2) is 108 Å². The van der Waals surface area contributed by atoms with Gasteiger partial charge in [0, 0.05) is 25.8 Å². The zero-order valence-electron chi connectivity index (χ0n) is 35.5. The number of ether oxygens (including phenoxy) is 4. The van der Waals surface area contributed by atoms with Crippen LogP contribution in [0.4, 0.5) is 0 Å². The van der Waals surface area contributed by atoms with E-state index in [2.05, 4.69) is 17.2 Å². The van der Waals surface area contributed by atoms with Gasteiger partial charge in [0.15, 0.2) is 23.6 Å². The van der Waals surface area contributed by atoms with Gasteiger partial charge in [-0.15, -0.1) is 0 Å². The van der Waals surface area contributed by atoms with Crippen LogP contribution in [0.25, 0.3) is 0 Å². The first-order valence-corrected chi connectivity index (χ1v) is 20.6. The van der Waals surface area contributed by atoms with Crippen molar-refractivity contribution in [3.8, 4) is 0 Å². The molecule has 0 aromatic heterocycles. The van der Waals surface area contributed by atoms with Gasteiger partial charge in [-0.2, -0.15) is 0 Å². The minimum Gasteiger partial charge on any atom is -0.457 e. The van der Waals surface area contributed by atoms with Crippen LogP contribution in [0, 0.1) is 23.7 Å². The number of carbonyl (C=O) groups is 6. The van der Waals surface area contributed by atoms with Gasteiger partial charge in [0.2, 0.25) is 0 Å². The third-order valence-electron chi connectivity index (χ3n) is 13.5. The quantitative estimate of drug-likeness (QED) is 0.120. The Morgan fingerprint density at radius 3 is 2.10 bits per heavy atom. The summed E-state index contributed by atoms with van der Waals surface area (Å²) in [5.41, 5.74) is -2.76. The Hall–Kier alpha value is -5.96. The van der Waals surface area contributed by atoms with Crippen molar-refractivity contribution in [1.82, 2.24) is 10.6 Å². The second kappa shape index (κ2) is 16.7. The average molecular weight is 849 g/mol. The number of Topliss-reactive ketones (excluding diaryl/α,β-unsaturated/α-hetero) is 1. The summed E-state index contributed by atoms with van der Waals surface area (Å²) in [6.45, 7) is 13.1. The highest BCUT2D eigenvalue weighted by Gasteiger charge is 2.78. The molecule has 14 nitrogen and oxygen atoms in total. The van der Waals surface area contributed by atoms with Gasteiger partial charge in [0.05, 0.1) is 47.1 Å². The summed E-state index contributed by atoms with van der Waals surface area (Å²) in [6, 6.07) is 21.3. The number of hydrogen-bond acceptors (Lipinski definition) is 12. The summed E-state index contributed by atoms with van der Waals surface area (Å²) < 4.78 is 24.8. The van der Waals surface area contributed by atoms with E-state index < -0.39 is 100 Å². The Bertz CT molecular complexity index is 2350. The third-order valence-corrected chi connectivity index (χ3v) is 13.5. The number of fused-ring (bicyclic) bond motifs is 4. The number of hydrogen-bond donors (Lipinski definition) is 4. The maximum atomic E-state index is 15.5. The maximum absolute atomic E-state index is 15.5. The summed E-state index contributed by atoms with van der Waals surface area (Å²) in [4.78, 5) is 84.0. The molecule has 0 radical (unpaired) electrons. The lowest BCUT2D eigenvalue weighted by molar-refractivity contribution is -0.332. The van der Waals surface area contributed by atoms with Gasteiger partial charge in [-0.3, -0.25) is 24.0 Å². The minimum absolute atomic E-state index is 0.130. The van der Waals surface area contributed by atoms with Crippen molar-refractivity contribution in [1.29, 1.82) is 0 Å². The fraction of sp³-hybridized carbons (Fsp3) is 0.417. The van der Waals surface area contributed by atoms with Crippen LogP contribution in [0.2, 0.25) is 0 Å². The average Bonchev–Trinajstić information content (AvgIpc) is 3.50. The second-order valence-corrected chi connectivity index (χ2v) is 17.1. The van der Waals surface area contributed by atoms with Gasteiger partial charge in [-0.05, 0) is 74.6 Å². The molecular weight excluding hydrogens is 797 g/mol. The lowest BCUT2D eigenvalue weighted by atomic mass is 9.50.